The number of ether oxygens (including phenoxy) is 1. The average Bonchev–Trinajstić information content (AvgIpc) is 2.77. The number of anilines is 1. The Balaban J connectivity index is 2.35. The van der Waals surface area contributed by atoms with Crippen molar-refractivity contribution in [2.24, 2.45) is 5.41 Å². The average molecular weight is 561 g/mol. The molecule has 0 saturated carbocycles. The Hall–Kier alpha value is -2.56. The van der Waals surface area contributed by atoms with E-state index in [-0.39, 0.29) is 32.7 Å². The van der Waals surface area contributed by atoms with Crippen molar-refractivity contribution in [3.05, 3.63) is 57.3 Å². The van der Waals surface area contributed by atoms with Crippen LogP contribution < -0.4 is 5.32 Å². The topological polar surface area (TPSA) is 102 Å². The standard InChI is InChI=1S/C24H24Cl2F2N2O5S/c1-23(2,3)22(32)35-19-17-13(7-6-10-29-17)24(4,5)36(33,34)20(19)12-8-9-14(25)18(16(12)26)30-11-15(31)21(27)28/h6-10,21,30H,11H2,1-5H3. The monoisotopic (exact) mass is 560 g/mol. The molecule has 2 heterocycles. The number of ketones is 1. The molecule has 0 radical (unpaired) electrons. The molecule has 1 aliphatic heterocycles. The molecule has 36 heavy (non-hydrogen) atoms. The first-order chi connectivity index (χ1) is 16.5. The van der Waals surface area contributed by atoms with Crippen LogP contribution in [0, 0.1) is 5.41 Å². The highest BCUT2D eigenvalue weighted by molar-refractivity contribution is 8.01. The predicted molar refractivity (Wildman–Crippen MR) is 135 cm³/mol. The Kier molecular flexibility index (Phi) is 7.56. The number of carbonyl (C=O) groups is 2. The second-order valence-corrected chi connectivity index (χ2v) is 12.8. The van der Waals surface area contributed by atoms with Crippen molar-refractivity contribution in [3.8, 4) is 0 Å². The van der Waals surface area contributed by atoms with E-state index >= 15 is 0 Å². The molecule has 0 fully saturated rings. The summed E-state index contributed by atoms with van der Waals surface area (Å²) in [6.45, 7) is 6.98. The zero-order chi connectivity index (χ0) is 27.2. The highest BCUT2D eigenvalue weighted by Crippen LogP contribution is 2.51. The molecule has 1 aliphatic rings. The molecular weight excluding hydrogens is 537 g/mol. The number of fused-ring (bicyclic) bond motifs is 1. The van der Waals surface area contributed by atoms with E-state index in [1.165, 1.54) is 32.2 Å². The highest BCUT2D eigenvalue weighted by atomic mass is 35.5. The summed E-state index contributed by atoms with van der Waals surface area (Å²) in [6, 6.07) is 5.76. The van der Waals surface area contributed by atoms with Gasteiger partial charge in [0.2, 0.25) is 5.78 Å². The summed E-state index contributed by atoms with van der Waals surface area (Å²) in [6.07, 6.45) is -1.78. The lowest BCUT2D eigenvalue weighted by Gasteiger charge is -2.34. The number of hydrogen-bond donors (Lipinski definition) is 1. The van der Waals surface area contributed by atoms with Gasteiger partial charge in [0.15, 0.2) is 15.6 Å². The molecule has 0 unspecified atom stereocenters. The molecule has 0 atom stereocenters. The number of rotatable bonds is 6. The van der Waals surface area contributed by atoms with Crippen molar-refractivity contribution < 1.29 is 31.5 Å². The first-order valence-corrected chi connectivity index (χ1v) is 13.0. The quantitative estimate of drug-likeness (QED) is 0.451. The van der Waals surface area contributed by atoms with Gasteiger partial charge in [-0.2, -0.15) is 0 Å². The van der Waals surface area contributed by atoms with E-state index in [0.29, 0.717) is 5.56 Å². The summed E-state index contributed by atoms with van der Waals surface area (Å²) in [5.41, 5.74) is -0.766. The van der Waals surface area contributed by atoms with Gasteiger partial charge in [0, 0.05) is 17.3 Å². The third kappa shape index (κ3) is 4.86. The van der Waals surface area contributed by atoms with Crippen LogP contribution in [0.15, 0.2) is 30.5 Å². The van der Waals surface area contributed by atoms with Gasteiger partial charge in [-0.25, -0.2) is 17.2 Å². The number of esters is 1. The minimum atomic E-state index is -4.29. The highest BCUT2D eigenvalue weighted by Gasteiger charge is 2.49. The number of hydrogen-bond acceptors (Lipinski definition) is 7. The second kappa shape index (κ2) is 9.72. The van der Waals surface area contributed by atoms with E-state index in [1.54, 1.807) is 32.9 Å². The number of halogens is 4. The van der Waals surface area contributed by atoms with Crippen LogP contribution in [-0.4, -0.2) is 38.1 Å². The van der Waals surface area contributed by atoms with Crippen molar-refractivity contribution in [3.63, 3.8) is 0 Å². The van der Waals surface area contributed by atoms with Crippen LogP contribution in [0.1, 0.15) is 51.4 Å². The van der Waals surface area contributed by atoms with Gasteiger partial charge in [-0.3, -0.25) is 14.6 Å². The molecule has 0 spiro atoms. The molecule has 12 heteroatoms. The van der Waals surface area contributed by atoms with Crippen LogP contribution >= 0.6 is 23.2 Å². The summed E-state index contributed by atoms with van der Waals surface area (Å²) in [7, 11) is -4.29. The molecule has 1 aromatic heterocycles. The van der Waals surface area contributed by atoms with Gasteiger partial charge in [-0.1, -0.05) is 35.3 Å². The van der Waals surface area contributed by atoms with Crippen LogP contribution in [0.25, 0.3) is 10.7 Å². The number of sulfone groups is 1. The van der Waals surface area contributed by atoms with Crippen molar-refractivity contribution >= 4 is 61.1 Å². The fraction of sp³-hybridized carbons (Fsp3) is 0.375. The number of alkyl halides is 2. The summed E-state index contributed by atoms with van der Waals surface area (Å²) >= 11 is 12.7. The van der Waals surface area contributed by atoms with Gasteiger partial charge < -0.3 is 10.1 Å². The minimum absolute atomic E-state index is 0.0364. The van der Waals surface area contributed by atoms with Crippen LogP contribution in [0.5, 0.6) is 0 Å². The Bertz CT molecular complexity index is 1380. The van der Waals surface area contributed by atoms with E-state index in [0.717, 1.165) is 0 Å². The summed E-state index contributed by atoms with van der Waals surface area (Å²) in [4.78, 5) is 28.2. The van der Waals surface area contributed by atoms with Crippen molar-refractivity contribution in [1.82, 2.24) is 4.98 Å². The van der Waals surface area contributed by atoms with E-state index in [4.69, 9.17) is 27.9 Å². The largest absolute Gasteiger partial charge is 0.422 e. The molecular formula is C24H24Cl2F2N2O5S. The van der Waals surface area contributed by atoms with Crippen LogP contribution in [0.3, 0.4) is 0 Å². The molecule has 2 aromatic rings. The number of carbonyl (C=O) groups excluding carboxylic acids is 2. The Morgan fingerprint density at radius 2 is 1.81 bits per heavy atom. The fourth-order valence-corrected chi connectivity index (χ4v) is 5.91. The zero-order valence-corrected chi connectivity index (χ0v) is 22.4. The molecule has 1 aromatic carbocycles. The number of pyridine rings is 1. The van der Waals surface area contributed by atoms with Crippen molar-refractivity contribution in [2.75, 3.05) is 11.9 Å². The van der Waals surface area contributed by atoms with Gasteiger partial charge in [0.05, 0.1) is 32.4 Å². The fourth-order valence-electron chi connectivity index (χ4n) is 3.45. The third-order valence-corrected chi connectivity index (χ3v) is 8.86. The van der Waals surface area contributed by atoms with Gasteiger partial charge in [0.1, 0.15) is 10.6 Å². The third-order valence-electron chi connectivity index (χ3n) is 5.64. The molecule has 0 bridgehead atoms. The Labute approximate surface area is 217 Å². The van der Waals surface area contributed by atoms with E-state index < -0.39 is 49.6 Å². The van der Waals surface area contributed by atoms with E-state index in [9.17, 15) is 26.8 Å². The summed E-state index contributed by atoms with van der Waals surface area (Å²) in [5, 5.41) is 2.16. The second-order valence-electron chi connectivity index (χ2n) is 9.62. The summed E-state index contributed by atoms with van der Waals surface area (Å²) < 4.78 is 57.6. The first-order valence-electron chi connectivity index (χ1n) is 10.7. The molecule has 7 nitrogen and oxygen atoms in total. The lowest BCUT2D eigenvalue weighted by Crippen LogP contribution is -2.36. The van der Waals surface area contributed by atoms with Gasteiger partial charge in [-0.15, -0.1) is 0 Å². The number of Topliss-reactive ketones (excluding diaryl/α,β-unsaturated/α-hetero) is 1. The molecule has 0 saturated heterocycles. The maximum Gasteiger partial charge on any atom is 0.316 e. The number of benzene rings is 1. The smallest absolute Gasteiger partial charge is 0.316 e. The predicted octanol–water partition coefficient (Wildman–Crippen LogP) is 5.71. The minimum Gasteiger partial charge on any atom is -0.422 e. The molecule has 3 rings (SSSR count). The van der Waals surface area contributed by atoms with Crippen molar-refractivity contribution in [1.29, 1.82) is 0 Å². The van der Waals surface area contributed by atoms with Crippen molar-refractivity contribution in [2.45, 2.75) is 45.8 Å². The first kappa shape index (κ1) is 28.0. The number of nitrogens with zero attached hydrogens (tertiary/aromatic N) is 1. The normalized spacial score (nSPS) is 16.5. The van der Waals surface area contributed by atoms with E-state index in [2.05, 4.69) is 10.3 Å². The lowest BCUT2D eigenvalue weighted by atomic mass is 9.96. The summed E-state index contributed by atoms with van der Waals surface area (Å²) in [5.74, 6) is -2.44. The molecule has 0 aliphatic carbocycles. The van der Waals surface area contributed by atoms with E-state index in [1.807, 2.05) is 0 Å². The maximum atomic E-state index is 14.0. The Morgan fingerprint density at radius 3 is 2.39 bits per heavy atom. The van der Waals surface area contributed by atoms with Crippen LogP contribution in [0.2, 0.25) is 10.0 Å². The SMILES string of the molecule is CC(C)(C)C(=O)OC1=C(c2ccc(Cl)c(NCC(=O)C(F)F)c2Cl)S(=O)(=O)C(C)(C)c2cccnc21. The molecule has 0 amide bonds. The molecule has 1 N–H and O–H groups in total. The number of aromatic nitrogens is 1. The van der Waals surface area contributed by atoms with Crippen LogP contribution in [0.4, 0.5) is 14.5 Å². The number of nitrogens with one attached hydrogen (secondary N) is 1. The van der Waals surface area contributed by atoms with Gasteiger partial charge in [0.25, 0.3) is 6.43 Å². The van der Waals surface area contributed by atoms with Crippen LogP contribution in [-0.2, 0) is 28.9 Å². The molecule has 194 valence electrons. The van der Waals surface area contributed by atoms with Gasteiger partial charge >= 0.3 is 5.97 Å². The Morgan fingerprint density at radius 1 is 1.17 bits per heavy atom. The van der Waals surface area contributed by atoms with Gasteiger partial charge in [-0.05, 0) is 46.8 Å². The maximum absolute atomic E-state index is 14.0. The lowest BCUT2D eigenvalue weighted by molar-refractivity contribution is -0.145. The zero-order valence-electron chi connectivity index (χ0n) is 20.1.